The first kappa shape index (κ1) is 16.7. The van der Waals surface area contributed by atoms with Gasteiger partial charge >= 0.3 is 0 Å². The molecule has 1 amide bonds. The van der Waals surface area contributed by atoms with Gasteiger partial charge in [-0.05, 0) is 56.7 Å². The summed E-state index contributed by atoms with van der Waals surface area (Å²) >= 11 is 0. The number of ether oxygens (including phenoxy) is 1. The van der Waals surface area contributed by atoms with Crippen LogP contribution in [0.3, 0.4) is 0 Å². The van der Waals surface area contributed by atoms with E-state index in [1.54, 1.807) is 12.3 Å². The van der Waals surface area contributed by atoms with Gasteiger partial charge in [-0.1, -0.05) is 18.2 Å². The van der Waals surface area contributed by atoms with Gasteiger partial charge in [0.05, 0.1) is 17.8 Å². The number of hydrogen-bond acceptors (Lipinski definition) is 3. The Labute approximate surface area is 137 Å². The van der Waals surface area contributed by atoms with Crippen LogP contribution in [0, 0.1) is 0 Å². The molecule has 4 heteroatoms. The molecule has 0 fully saturated rings. The van der Waals surface area contributed by atoms with Crippen molar-refractivity contribution in [1.29, 1.82) is 0 Å². The van der Waals surface area contributed by atoms with E-state index in [2.05, 4.69) is 10.3 Å². The molecule has 2 rings (SSSR count). The number of carbonyl (C=O) groups is 1. The highest BCUT2D eigenvalue weighted by molar-refractivity contribution is 5.91. The van der Waals surface area contributed by atoms with Gasteiger partial charge in [-0.2, -0.15) is 0 Å². The molecule has 1 aromatic heterocycles. The number of carbonyl (C=O) groups excluding carboxylic acids is 1. The van der Waals surface area contributed by atoms with Gasteiger partial charge in [0.1, 0.15) is 5.75 Å². The van der Waals surface area contributed by atoms with Gasteiger partial charge in [0.2, 0.25) is 5.91 Å². The second kappa shape index (κ2) is 8.13. The van der Waals surface area contributed by atoms with Crippen LogP contribution in [0.2, 0.25) is 0 Å². The number of amides is 1. The van der Waals surface area contributed by atoms with Gasteiger partial charge in [0.15, 0.2) is 0 Å². The van der Waals surface area contributed by atoms with E-state index in [0.29, 0.717) is 0 Å². The highest BCUT2D eigenvalue weighted by Gasteiger charge is 2.08. The summed E-state index contributed by atoms with van der Waals surface area (Å²) in [7, 11) is 0. The first-order valence-corrected chi connectivity index (χ1v) is 7.71. The normalized spacial score (nSPS) is 12.3. The van der Waals surface area contributed by atoms with E-state index < -0.39 is 0 Å². The second-order valence-electron chi connectivity index (χ2n) is 5.55. The smallest absolute Gasteiger partial charge is 0.244 e. The molecule has 0 aliphatic carbocycles. The summed E-state index contributed by atoms with van der Waals surface area (Å²) in [6.45, 7) is 5.93. The molecular formula is C19H22N2O2. The molecular weight excluding hydrogens is 288 g/mol. The Kier molecular flexibility index (Phi) is 5.92. The first-order valence-electron chi connectivity index (χ1n) is 7.71. The lowest BCUT2D eigenvalue weighted by molar-refractivity contribution is -0.117. The lowest BCUT2D eigenvalue weighted by atomic mass is 10.1. The van der Waals surface area contributed by atoms with Gasteiger partial charge in [0.25, 0.3) is 0 Å². The third-order valence-electron chi connectivity index (χ3n) is 3.20. The maximum absolute atomic E-state index is 12.0. The van der Waals surface area contributed by atoms with Gasteiger partial charge in [-0.15, -0.1) is 0 Å². The summed E-state index contributed by atoms with van der Waals surface area (Å²) in [6, 6.07) is 13.3. The number of aromatic nitrogens is 1. The van der Waals surface area contributed by atoms with Crippen molar-refractivity contribution in [2.75, 3.05) is 0 Å². The van der Waals surface area contributed by atoms with Crippen molar-refractivity contribution in [3.8, 4) is 5.75 Å². The molecule has 120 valence electrons. The molecule has 0 radical (unpaired) electrons. The molecule has 1 N–H and O–H groups in total. The number of benzene rings is 1. The number of rotatable bonds is 6. The van der Waals surface area contributed by atoms with Crippen molar-refractivity contribution in [1.82, 2.24) is 10.3 Å². The standard InChI is InChI=1S/C19H22N2O2/c1-14(2)23-18-10-7-16(8-11-18)15(3)21-19(22)12-9-17-6-4-5-13-20-17/h4-15H,1-3H3,(H,21,22). The Balaban J connectivity index is 1.91. The topological polar surface area (TPSA) is 51.2 Å². The zero-order valence-electron chi connectivity index (χ0n) is 13.7. The first-order chi connectivity index (χ1) is 11.0. The predicted molar refractivity (Wildman–Crippen MR) is 92.0 cm³/mol. The average Bonchev–Trinajstić information content (AvgIpc) is 2.54. The van der Waals surface area contributed by atoms with Crippen LogP contribution in [0.5, 0.6) is 5.75 Å². The van der Waals surface area contributed by atoms with Gasteiger partial charge in [-0.25, -0.2) is 0 Å². The fraction of sp³-hybridized carbons (Fsp3) is 0.263. The average molecular weight is 310 g/mol. The van der Waals surface area contributed by atoms with E-state index in [1.807, 2.05) is 63.2 Å². The fourth-order valence-electron chi connectivity index (χ4n) is 2.09. The van der Waals surface area contributed by atoms with Crippen LogP contribution in [0.4, 0.5) is 0 Å². The van der Waals surface area contributed by atoms with Crippen LogP contribution in [-0.4, -0.2) is 17.0 Å². The molecule has 0 aliphatic rings. The molecule has 4 nitrogen and oxygen atoms in total. The monoisotopic (exact) mass is 310 g/mol. The van der Waals surface area contributed by atoms with E-state index in [4.69, 9.17) is 4.74 Å². The zero-order chi connectivity index (χ0) is 16.7. The minimum Gasteiger partial charge on any atom is -0.491 e. The lowest BCUT2D eigenvalue weighted by Crippen LogP contribution is -2.24. The molecule has 1 heterocycles. The van der Waals surface area contributed by atoms with E-state index in [9.17, 15) is 4.79 Å². The molecule has 0 saturated carbocycles. The quantitative estimate of drug-likeness (QED) is 0.827. The number of nitrogens with one attached hydrogen (secondary N) is 1. The van der Waals surface area contributed by atoms with Gasteiger partial charge < -0.3 is 10.1 Å². The highest BCUT2D eigenvalue weighted by Crippen LogP contribution is 2.18. The van der Waals surface area contributed by atoms with E-state index in [-0.39, 0.29) is 18.1 Å². The minimum atomic E-state index is -0.148. The molecule has 1 atom stereocenters. The fourth-order valence-corrected chi connectivity index (χ4v) is 2.09. The SMILES string of the molecule is CC(C)Oc1ccc(C(C)NC(=O)C=Cc2ccccn2)cc1. The van der Waals surface area contributed by atoms with Crippen molar-refractivity contribution in [3.63, 3.8) is 0 Å². The third kappa shape index (κ3) is 5.58. The molecule has 0 saturated heterocycles. The Morgan fingerprint density at radius 1 is 1.13 bits per heavy atom. The Bertz CT molecular complexity index is 649. The molecule has 0 aliphatic heterocycles. The highest BCUT2D eigenvalue weighted by atomic mass is 16.5. The van der Waals surface area contributed by atoms with E-state index >= 15 is 0 Å². The summed E-state index contributed by atoms with van der Waals surface area (Å²) < 4.78 is 5.61. The van der Waals surface area contributed by atoms with Crippen LogP contribution >= 0.6 is 0 Å². The Hall–Kier alpha value is -2.62. The lowest BCUT2D eigenvalue weighted by Gasteiger charge is -2.14. The summed E-state index contributed by atoms with van der Waals surface area (Å²) in [5, 5.41) is 2.93. The predicted octanol–water partition coefficient (Wildman–Crippen LogP) is 3.76. The molecule has 1 unspecified atom stereocenters. The van der Waals surface area contributed by atoms with Gasteiger partial charge in [-0.3, -0.25) is 9.78 Å². The van der Waals surface area contributed by atoms with Crippen molar-refractivity contribution in [2.45, 2.75) is 32.9 Å². The Morgan fingerprint density at radius 2 is 1.87 bits per heavy atom. The molecule has 23 heavy (non-hydrogen) atoms. The van der Waals surface area contributed by atoms with Crippen LogP contribution in [0.1, 0.15) is 38.1 Å². The van der Waals surface area contributed by atoms with Gasteiger partial charge in [0, 0.05) is 12.3 Å². The maximum atomic E-state index is 12.0. The minimum absolute atomic E-state index is 0.0796. The summed E-state index contributed by atoms with van der Waals surface area (Å²) in [4.78, 5) is 16.1. The molecule has 1 aromatic carbocycles. The number of pyridine rings is 1. The van der Waals surface area contributed by atoms with Crippen molar-refractivity contribution >= 4 is 12.0 Å². The summed E-state index contributed by atoms with van der Waals surface area (Å²) in [6.07, 6.45) is 5.03. The van der Waals surface area contributed by atoms with Crippen LogP contribution in [-0.2, 0) is 4.79 Å². The summed E-state index contributed by atoms with van der Waals surface area (Å²) in [5.41, 5.74) is 1.78. The maximum Gasteiger partial charge on any atom is 0.244 e. The largest absolute Gasteiger partial charge is 0.491 e. The zero-order valence-corrected chi connectivity index (χ0v) is 13.7. The van der Waals surface area contributed by atoms with Crippen LogP contribution < -0.4 is 10.1 Å². The number of nitrogens with zero attached hydrogens (tertiary/aromatic N) is 1. The van der Waals surface area contributed by atoms with Crippen LogP contribution in [0.15, 0.2) is 54.7 Å². The van der Waals surface area contributed by atoms with Crippen molar-refractivity contribution in [2.24, 2.45) is 0 Å². The Morgan fingerprint density at radius 3 is 2.48 bits per heavy atom. The third-order valence-corrected chi connectivity index (χ3v) is 3.20. The van der Waals surface area contributed by atoms with E-state index in [0.717, 1.165) is 17.0 Å². The van der Waals surface area contributed by atoms with Crippen molar-refractivity contribution < 1.29 is 9.53 Å². The van der Waals surface area contributed by atoms with E-state index in [1.165, 1.54) is 6.08 Å². The number of hydrogen-bond donors (Lipinski definition) is 1. The van der Waals surface area contributed by atoms with Crippen LogP contribution in [0.25, 0.3) is 6.08 Å². The molecule has 0 spiro atoms. The molecule has 0 bridgehead atoms. The van der Waals surface area contributed by atoms with Crippen molar-refractivity contribution in [3.05, 3.63) is 66.0 Å². The second-order valence-corrected chi connectivity index (χ2v) is 5.55. The molecule has 2 aromatic rings. The summed E-state index contributed by atoms with van der Waals surface area (Å²) in [5.74, 6) is 0.683.